The van der Waals surface area contributed by atoms with Crippen LogP contribution in [0.5, 0.6) is 17.2 Å². The van der Waals surface area contributed by atoms with Crippen molar-refractivity contribution < 1.29 is 41.7 Å². The highest BCUT2D eigenvalue weighted by atomic mass is 19.4. The van der Waals surface area contributed by atoms with E-state index in [1.807, 2.05) is 0 Å². The molecule has 0 saturated heterocycles. The third-order valence-corrected chi connectivity index (χ3v) is 6.63. The van der Waals surface area contributed by atoms with Gasteiger partial charge in [-0.2, -0.15) is 13.2 Å². The molecule has 1 heterocycles. The topological polar surface area (TPSA) is 116 Å². The summed E-state index contributed by atoms with van der Waals surface area (Å²) in [5, 5.41) is 13.3. The lowest BCUT2D eigenvalue weighted by molar-refractivity contribution is -0.265. The molecule has 220 valence electrons. The van der Waals surface area contributed by atoms with Crippen LogP contribution >= 0.6 is 0 Å². The van der Waals surface area contributed by atoms with Crippen molar-refractivity contribution in [3.8, 4) is 28.5 Å². The number of ether oxygens (including phenoxy) is 3. The van der Waals surface area contributed by atoms with E-state index >= 15 is 0 Å². The molecule has 0 aliphatic heterocycles. The molecule has 12 heteroatoms. The molecule has 41 heavy (non-hydrogen) atoms. The van der Waals surface area contributed by atoms with Crippen molar-refractivity contribution in [2.24, 2.45) is 5.73 Å². The number of benzene rings is 2. The van der Waals surface area contributed by atoms with Crippen molar-refractivity contribution in [2.45, 2.75) is 50.1 Å². The van der Waals surface area contributed by atoms with Gasteiger partial charge in [0, 0.05) is 22.2 Å². The Kier molecular flexibility index (Phi) is 8.19. The number of methoxy groups -OCH3 is 2. The maximum absolute atomic E-state index is 14.5. The predicted molar refractivity (Wildman–Crippen MR) is 142 cm³/mol. The highest BCUT2D eigenvalue weighted by molar-refractivity contribution is 5.95. The molecule has 8 nitrogen and oxygen atoms in total. The number of hydrogen-bond acceptors (Lipinski definition) is 7. The summed E-state index contributed by atoms with van der Waals surface area (Å²) in [7, 11) is 2.67. The second kappa shape index (κ2) is 11.2. The molecule has 1 saturated carbocycles. The number of nitrogens with zero attached hydrogens (tertiary/aromatic N) is 1. The van der Waals surface area contributed by atoms with Gasteiger partial charge in [-0.05, 0) is 75.2 Å². The molecule has 0 radical (unpaired) electrons. The first-order chi connectivity index (χ1) is 19.2. The molecular weight excluding hydrogens is 546 g/mol. The Bertz CT molecular complexity index is 1420. The summed E-state index contributed by atoms with van der Waals surface area (Å²) in [6.45, 7) is 1.81. The number of hydrogen-bond donors (Lipinski definition) is 3. The Morgan fingerprint density at radius 2 is 1.71 bits per heavy atom. The zero-order valence-electron chi connectivity index (χ0n) is 22.9. The van der Waals surface area contributed by atoms with Gasteiger partial charge in [0.2, 0.25) is 5.60 Å². The molecule has 1 amide bonds. The summed E-state index contributed by atoms with van der Waals surface area (Å²) < 4.78 is 73.7. The van der Waals surface area contributed by atoms with Crippen LogP contribution < -0.4 is 25.3 Å². The molecule has 1 aliphatic carbocycles. The van der Waals surface area contributed by atoms with Crippen LogP contribution in [0.25, 0.3) is 11.3 Å². The minimum absolute atomic E-state index is 0.00649. The van der Waals surface area contributed by atoms with Crippen LogP contribution in [0.2, 0.25) is 0 Å². The van der Waals surface area contributed by atoms with Crippen LogP contribution in [0.3, 0.4) is 0 Å². The average molecular weight is 578 g/mol. The van der Waals surface area contributed by atoms with Crippen LogP contribution in [0.4, 0.5) is 17.6 Å². The Hall–Kier alpha value is -3.90. The lowest BCUT2D eigenvalue weighted by atomic mass is 9.88. The number of rotatable bonds is 10. The minimum atomic E-state index is -5.28. The second-order valence-corrected chi connectivity index (χ2v) is 10.4. The third-order valence-electron chi connectivity index (χ3n) is 6.63. The van der Waals surface area contributed by atoms with Gasteiger partial charge < -0.3 is 30.4 Å². The number of amides is 1. The quantitative estimate of drug-likeness (QED) is 0.296. The summed E-state index contributed by atoms with van der Waals surface area (Å²) in [6.07, 6.45) is -3.43. The van der Waals surface area contributed by atoms with Gasteiger partial charge >= 0.3 is 6.18 Å². The first-order valence-electron chi connectivity index (χ1n) is 12.7. The number of carbonyl (C=O) groups is 1. The summed E-state index contributed by atoms with van der Waals surface area (Å²) in [5.74, 6) is -0.753. The van der Waals surface area contributed by atoms with Crippen molar-refractivity contribution in [3.63, 3.8) is 0 Å². The maximum atomic E-state index is 14.5. The van der Waals surface area contributed by atoms with E-state index < -0.39 is 41.3 Å². The van der Waals surface area contributed by atoms with E-state index in [1.54, 1.807) is 13.8 Å². The Morgan fingerprint density at radius 1 is 1.05 bits per heavy atom. The van der Waals surface area contributed by atoms with Gasteiger partial charge in [0.15, 0.2) is 11.5 Å². The van der Waals surface area contributed by atoms with Crippen molar-refractivity contribution in [1.82, 2.24) is 10.3 Å². The van der Waals surface area contributed by atoms with Crippen molar-refractivity contribution >= 4 is 5.91 Å². The van der Waals surface area contributed by atoms with Gasteiger partial charge in [0.25, 0.3) is 5.91 Å². The first-order valence-corrected chi connectivity index (χ1v) is 12.7. The largest absolute Gasteiger partial charge is 0.494 e. The van der Waals surface area contributed by atoms with E-state index in [0.29, 0.717) is 5.75 Å². The van der Waals surface area contributed by atoms with E-state index in [4.69, 9.17) is 19.9 Å². The predicted octanol–water partition coefficient (Wildman–Crippen LogP) is 4.82. The summed E-state index contributed by atoms with van der Waals surface area (Å²) in [6, 6.07) is 10.1. The fourth-order valence-corrected chi connectivity index (χ4v) is 4.15. The molecule has 0 bridgehead atoms. The average Bonchev–Trinajstić information content (AvgIpc) is 3.74. The molecule has 1 unspecified atom stereocenters. The van der Waals surface area contributed by atoms with E-state index in [2.05, 4.69) is 10.3 Å². The fourth-order valence-electron chi connectivity index (χ4n) is 4.15. The van der Waals surface area contributed by atoms with Gasteiger partial charge in [-0.1, -0.05) is 0 Å². The number of aliphatic hydroxyl groups is 1. The van der Waals surface area contributed by atoms with Crippen molar-refractivity contribution in [2.75, 3.05) is 20.8 Å². The molecule has 4 N–H and O–H groups in total. The van der Waals surface area contributed by atoms with Crippen molar-refractivity contribution in [1.29, 1.82) is 0 Å². The number of nitrogens with two attached hydrogens (primary N) is 1. The molecule has 0 spiro atoms. The number of pyridine rings is 1. The zero-order chi connectivity index (χ0) is 30.2. The molecule has 1 fully saturated rings. The standard InChI is InChI=1S/C29H31F4N3O5/c1-27(2,34)20-14-23(36-24(25(20)40-4)16-5-8-18(30)9-6-16)28(38,29(31,32)33)15-35-26(37)17-7-12-21(22(13-17)39-3)41-19-10-11-19/h5-9,12-14,19,38H,10-11,15,34H2,1-4H3,(H,35,37). The highest BCUT2D eigenvalue weighted by Gasteiger charge is 2.57. The molecule has 1 aliphatic rings. The molecule has 2 aromatic carbocycles. The van der Waals surface area contributed by atoms with E-state index in [1.165, 1.54) is 44.6 Å². The van der Waals surface area contributed by atoms with Crippen LogP contribution in [0.15, 0.2) is 48.5 Å². The fraction of sp³-hybridized carbons (Fsp3) is 0.379. The lowest BCUT2D eigenvalue weighted by Crippen LogP contribution is -2.51. The number of aromatic nitrogens is 1. The molecule has 4 rings (SSSR count). The third kappa shape index (κ3) is 6.38. The van der Waals surface area contributed by atoms with Crippen LogP contribution in [-0.4, -0.2) is 49.0 Å². The minimum Gasteiger partial charge on any atom is -0.494 e. The SMILES string of the molecule is COc1cc(C(=O)NCC(O)(c2cc(C(C)(C)N)c(OC)c(-c3ccc(F)cc3)n2)C(F)(F)F)ccc1OC1CC1. The van der Waals surface area contributed by atoms with Gasteiger partial charge in [-0.3, -0.25) is 4.79 Å². The number of alkyl halides is 3. The molecule has 1 aromatic heterocycles. The van der Waals surface area contributed by atoms with E-state index in [9.17, 15) is 27.5 Å². The second-order valence-electron chi connectivity index (χ2n) is 10.4. The number of carbonyl (C=O) groups excluding carboxylic acids is 1. The van der Waals surface area contributed by atoms with Crippen molar-refractivity contribution in [3.05, 3.63) is 71.2 Å². The van der Waals surface area contributed by atoms with Crippen LogP contribution in [-0.2, 0) is 11.1 Å². The Balaban J connectivity index is 1.74. The van der Waals surface area contributed by atoms with Gasteiger partial charge in [0.1, 0.15) is 17.3 Å². The lowest BCUT2D eigenvalue weighted by Gasteiger charge is -2.33. The highest BCUT2D eigenvalue weighted by Crippen LogP contribution is 2.43. The van der Waals surface area contributed by atoms with Gasteiger partial charge in [0.05, 0.1) is 32.6 Å². The van der Waals surface area contributed by atoms with Gasteiger partial charge in [-0.15, -0.1) is 0 Å². The van der Waals surface area contributed by atoms with Crippen LogP contribution in [0, 0.1) is 5.82 Å². The Morgan fingerprint density at radius 3 is 2.24 bits per heavy atom. The molecular formula is C29H31F4N3O5. The smallest absolute Gasteiger partial charge is 0.424 e. The van der Waals surface area contributed by atoms with Gasteiger partial charge in [-0.25, -0.2) is 9.37 Å². The zero-order valence-corrected chi connectivity index (χ0v) is 22.9. The monoisotopic (exact) mass is 577 g/mol. The number of nitrogens with one attached hydrogen (secondary N) is 1. The van der Waals surface area contributed by atoms with E-state index in [-0.39, 0.29) is 40.0 Å². The maximum Gasteiger partial charge on any atom is 0.424 e. The number of halogens is 4. The summed E-state index contributed by atoms with van der Waals surface area (Å²) >= 11 is 0. The molecule has 3 aromatic rings. The summed E-state index contributed by atoms with van der Waals surface area (Å²) in [4.78, 5) is 17.0. The molecule has 1 atom stereocenters. The first kappa shape index (κ1) is 30.1. The Labute approximate surface area is 234 Å². The van der Waals surface area contributed by atoms with E-state index in [0.717, 1.165) is 31.0 Å². The normalized spacial score (nSPS) is 15.2. The summed E-state index contributed by atoms with van der Waals surface area (Å²) in [5.41, 5.74) is 0.800. The van der Waals surface area contributed by atoms with Crippen LogP contribution in [0.1, 0.15) is 48.3 Å².